The van der Waals surface area contributed by atoms with Crippen molar-refractivity contribution >= 4 is 9.84 Å². The lowest BCUT2D eigenvalue weighted by Gasteiger charge is -2.21. The predicted octanol–water partition coefficient (Wildman–Crippen LogP) is 2.83. The minimum absolute atomic E-state index is 0.328. The number of rotatable bonds is 5. The molecule has 1 atom stereocenters. The summed E-state index contributed by atoms with van der Waals surface area (Å²) in [7, 11) is -3.63. The molecule has 1 aromatic rings. The number of halogens is 3. The zero-order valence-electron chi connectivity index (χ0n) is 11.8. The Hall–Kier alpha value is -1.28. The SMILES string of the molecule is CC(c1ccc(OC(F)(F)F)cc1)S(=O)(=O)CC(C)(C)O. The van der Waals surface area contributed by atoms with Gasteiger partial charge < -0.3 is 9.84 Å². The molecule has 0 bridgehead atoms. The van der Waals surface area contributed by atoms with Crippen LogP contribution in [0, 0.1) is 0 Å². The van der Waals surface area contributed by atoms with Crippen LogP contribution in [0.4, 0.5) is 13.2 Å². The van der Waals surface area contributed by atoms with Crippen LogP contribution < -0.4 is 4.74 Å². The largest absolute Gasteiger partial charge is 0.573 e. The van der Waals surface area contributed by atoms with Crippen molar-refractivity contribution in [1.29, 1.82) is 0 Å². The molecule has 0 aromatic heterocycles. The standard InChI is InChI=1S/C13H17F3O4S/c1-9(21(18,19)8-12(2,3)17)10-4-6-11(7-5-10)20-13(14,15)16/h4-7,9,17H,8H2,1-3H3. The highest BCUT2D eigenvalue weighted by molar-refractivity contribution is 7.91. The van der Waals surface area contributed by atoms with Gasteiger partial charge in [0.15, 0.2) is 9.84 Å². The lowest BCUT2D eigenvalue weighted by molar-refractivity contribution is -0.274. The molecule has 4 nitrogen and oxygen atoms in total. The molecule has 21 heavy (non-hydrogen) atoms. The molecule has 0 radical (unpaired) electrons. The van der Waals surface area contributed by atoms with Crippen molar-refractivity contribution in [3.05, 3.63) is 29.8 Å². The molecule has 0 heterocycles. The molecule has 1 unspecified atom stereocenters. The fraction of sp³-hybridized carbons (Fsp3) is 0.538. The van der Waals surface area contributed by atoms with E-state index in [0.29, 0.717) is 5.56 Å². The molecule has 0 aliphatic rings. The lowest BCUT2D eigenvalue weighted by atomic mass is 10.1. The lowest BCUT2D eigenvalue weighted by Crippen LogP contribution is -2.32. The summed E-state index contributed by atoms with van der Waals surface area (Å²) in [5.74, 6) is -0.861. The third-order valence-electron chi connectivity index (χ3n) is 2.68. The summed E-state index contributed by atoms with van der Waals surface area (Å²) in [5, 5.41) is 8.66. The maximum Gasteiger partial charge on any atom is 0.573 e. The Morgan fingerprint density at radius 3 is 2.05 bits per heavy atom. The van der Waals surface area contributed by atoms with E-state index in [1.54, 1.807) is 0 Å². The van der Waals surface area contributed by atoms with Gasteiger partial charge in [-0.1, -0.05) is 12.1 Å². The molecule has 0 spiro atoms. The third-order valence-corrected chi connectivity index (χ3v) is 5.13. The topological polar surface area (TPSA) is 63.6 Å². The summed E-state index contributed by atoms with van der Waals surface area (Å²) in [6, 6.07) is 4.62. The molecule has 0 amide bonds. The van der Waals surface area contributed by atoms with Crippen LogP contribution in [0.1, 0.15) is 31.6 Å². The average molecular weight is 326 g/mol. The van der Waals surface area contributed by atoms with Crippen LogP contribution in [0.15, 0.2) is 24.3 Å². The maximum absolute atomic E-state index is 12.1. The Kier molecular flexibility index (Phi) is 4.94. The molecule has 1 aromatic carbocycles. The van der Waals surface area contributed by atoms with Crippen molar-refractivity contribution in [1.82, 2.24) is 0 Å². The van der Waals surface area contributed by atoms with Crippen molar-refractivity contribution < 1.29 is 31.4 Å². The minimum Gasteiger partial charge on any atom is -0.406 e. The van der Waals surface area contributed by atoms with Crippen LogP contribution in [-0.2, 0) is 9.84 Å². The third kappa shape index (κ3) is 5.92. The van der Waals surface area contributed by atoms with E-state index in [-0.39, 0.29) is 0 Å². The van der Waals surface area contributed by atoms with Gasteiger partial charge in [-0.2, -0.15) is 0 Å². The summed E-state index contributed by atoms with van der Waals surface area (Å²) in [6.45, 7) is 4.16. The monoisotopic (exact) mass is 326 g/mol. The Balaban J connectivity index is 2.91. The molecule has 0 saturated heterocycles. The van der Waals surface area contributed by atoms with Crippen molar-refractivity contribution in [2.24, 2.45) is 0 Å². The summed E-state index contributed by atoms with van der Waals surface area (Å²) in [6.07, 6.45) is -4.79. The molecule has 0 saturated carbocycles. The van der Waals surface area contributed by atoms with Gasteiger partial charge >= 0.3 is 6.36 Å². The van der Waals surface area contributed by atoms with Crippen LogP contribution in [0.25, 0.3) is 0 Å². The molecule has 8 heteroatoms. The van der Waals surface area contributed by atoms with Gasteiger partial charge in [-0.05, 0) is 38.5 Å². The average Bonchev–Trinajstić information content (AvgIpc) is 2.23. The van der Waals surface area contributed by atoms with Crippen LogP contribution in [0.2, 0.25) is 0 Å². The number of hydrogen-bond acceptors (Lipinski definition) is 4. The first-order valence-electron chi connectivity index (χ1n) is 6.10. The Morgan fingerprint density at radius 2 is 1.67 bits per heavy atom. The molecule has 1 N–H and O–H groups in total. The molecule has 0 aliphatic carbocycles. The van der Waals surface area contributed by atoms with Crippen LogP contribution in [0.3, 0.4) is 0 Å². The number of benzene rings is 1. The molecule has 1 rings (SSSR count). The van der Waals surface area contributed by atoms with Gasteiger partial charge in [0.2, 0.25) is 0 Å². The van der Waals surface area contributed by atoms with Gasteiger partial charge in [0.1, 0.15) is 5.75 Å². The van der Waals surface area contributed by atoms with E-state index >= 15 is 0 Å². The van der Waals surface area contributed by atoms with Crippen molar-refractivity contribution in [2.75, 3.05) is 5.75 Å². The number of alkyl halides is 3. The highest BCUT2D eigenvalue weighted by Crippen LogP contribution is 2.28. The zero-order valence-corrected chi connectivity index (χ0v) is 12.6. The molecular formula is C13H17F3O4S. The van der Waals surface area contributed by atoms with Gasteiger partial charge in [0.05, 0.1) is 16.6 Å². The van der Waals surface area contributed by atoms with Crippen molar-refractivity contribution in [3.8, 4) is 5.75 Å². The Bertz CT molecular complexity index is 571. The zero-order chi connectivity index (χ0) is 16.5. The molecule has 0 fully saturated rings. The van der Waals surface area contributed by atoms with Crippen LogP contribution in [0.5, 0.6) is 5.75 Å². The van der Waals surface area contributed by atoms with Crippen LogP contribution >= 0.6 is 0 Å². The number of aliphatic hydroxyl groups is 1. The first kappa shape index (κ1) is 17.8. The van der Waals surface area contributed by atoms with Crippen molar-refractivity contribution in [2.45, 2.75) is 38.0 Å². The Morgan fingerprint density at radius 1 is 1.19 bits per heavy atom. The van der Waals surface area contributed by atoms with Gasteiger partial charge in [0, 0.05) is 0 Å². The quantitative estimate of drug-likeness (QED) is 0.904. The van der Waals surface area contributed by atoms with Crippen LogP contribution in [-0.4, -0.2) is 31.2 Å². The van der Waals surface area contributed by atoms with Gasteiger partial charge in [-0.3, -0.25) is 0 Å². The highest BCUT2D eigenvalue weighted by atomic mass is 32.2. The van der Waals surface area contributed by atoms with E-state index in [4.69, 9.17) is 0 Å². The summed E-state index contributed by atoms with van der Waals surface area (Å²) < 4.78 is 64.0. The predicted molar refractivity (Wildman–Crippen MR) is 71.6 cm³/mol. The second-order valence-corrected chi connectivity index (χ2v) is 7.70. The summed E-state index contributed by atoms with van der Waals surface area (Å²) in [5.41, 5.74) is -1.05. The van der Waals surface area contributed by atoms with E-state index in [1.807, 2.05) is 0 Å². The van der Waals surface area contributed by atoms with E-state index in [9.17, 15) is 26.7 Å². The normalized spacial score (nSPS) is 14.8. The van der Waals surface area contributed by atoms with E-state index < -0.39 is 38.6 Å². The fourth-order valence-corrected chi connectivity index (χ4v) is 3.57. The fourth-order valence-electron chi connectivity index (χ4n) is 1.77. The van der Waals surface area contributed by atoms with Gasteiger partial charge in [-0.15, -0.1) is 13.2 Å². The summed E-state index contributed by atoms with van der Waals surface area (Å²) >= 11 is 0. The highest BCUT2D eigenvalue weighted by Gasteiger charge is 2.32. The molecular weight excluding hydrogens is 309 g/mol. The van der Waals surface area contributed by atoms with E-state index in [1.165, 1.54) is 32.9 Å². The first-order valence-corrected chi connectivity index (χ1v) is 7.81. The van der Waals surface area contributed by atoms with E-state index in [0.717, 1.165) is 12.1 Å². The second-order valence-electron chi connectivity index (χ2n) is 5.38. The van der Waals surface area contributed by atoms with Gasteiger partial charge in [0.25, 0.3) is 0 Å². The van der Waals surface area contributed by atoms with Gasteiger partial charge in [-0.25, -0.2) is 8.42 Å². The Labute approximate surface area is 121 Å². The number of sulfone groups is 1. The van der Waals surface area contributed by atoms with E-state index in [2.05, 4.69) is 4.74 Å². The maximum atomic E-state index is 12.1. The smallest absolute Gasteiger partial charge is 0.406 e. The number of hydrogen-bond donors (Lipinski definition) is 1. The minimum atomic E-state index is -4.79. The van der Waals surface area contributed by atoms with Crippen molar-refractivity contribution in [3.63, 3.8) is 0 Å². The second kappa shape index (κ2) is 5.84. The number of ether oxygens (including phenoxy) is 1. The molecule has 120 valence electrons. The molecule has 0 aliphatic heterocycles. The summed E-state index contributed by atoms with van der Waals surface area (Å²) in [4.78, 5) is 0. The first-order chi connectivity index (χ1) is 9.30.